The third-order valence-corrected chi connectivity index (χ3v) is 6.57. The van der Waals surface area contributed by atoms with E-state index in [-0.39, 0.29) is 22.3 Å². The average molecular weight is 263 g/mol. The molecule has 3 atom stereocenters. The molecule has 3 aliphatic rings. The third kappa shape index (κ3) is 0.673. The van der Waals surface area contributed by atoms with Crippen LogP contribution in [0.2, 0.25) is 0 Å². The minimum absolute atomic E-state index is 0.0744. The summed E-state index contributed by atoms with van der Waals surface area (Å²) in [6.07, 6.45) is 1.48. The predicted molar refractivity (Wildman–Crippen MR) is 55.3 cm³/mol. The lowest BCUT2D eigenvalue weighted by Crippen LogP contribution is -2.69. The Morgan fingerprint density at radius 3 is 2.29 bits per heavy atom. The maximum atomic E-state index is 11.3. The van der Waals surface area contributed by atoms with E-state index in [2.05, 4.69) is 15.9 Å². The Labute approximate surface area is 91.6 Å². The standard InChI is InChI=1S/C10H15BrO3/c1-8(2)9(5-12)3-4-10(8,6(9)11)7(13)14/h6,12H,3-5H2,1-2H3,(H,13,14)/t6-,9-,10+/m1/s1. The van der Waals surface area contributed by atoms with Gasteiger partial charge in [0.1, 0.15) is 0 Å². The van der Waals surface area contributed by atoms with Crippen molar-refractivity contribution >= 4 is 21.9 Å². The van der Waals surface area contributed by atoms with Crippen LogP contribution in [0.1, 0.15) is 26.7 Å². The van der Waals surface area contributed by atoms with Gasteiger partial charge in [-0.3, -0.25) is 4.79 Å². The van der Waals surface area contributed by atoms with Crippen molar-refractivity contribution in [3.8, 4) is 0 Å². The van der Waals surface area contributed by atoms with E-state index >= 15 is 0 Å². The van der Waals surface area contributed by atoms with E-state index in [1.54, 1.807) is 0 Å². The molecular weight excluding hydrogens is 248 g/mol. The summed E-state index contributed by atoms with van der Waals surface area (Å²) in [4.78, 5) is 11.3. The van der Waals surface area contributed by atoms with Crippen molar-refractivity contribution in [3.05, 3.63) is 0 Å². The second-order valence-corrected chi connectivity index (χ2v) is 5.99. The molecule has 3 fully saturated rings. The van der Waals surface area contributed by atoms with Crippen molar-refractivity contribution in [2.75, 3.05) is 6.61 Å². The van der Waals surface area contributed by atoms with Gasteiger partial charge in [0, 0.05) is 10.2 Å². The number of carbonyl (C=O) groups is 1. The van der Waals surface area contributed by atoms with Crippen LogP contribution >= 0.6 is 15.9 Å². The number of fused-ring (bicyclic) bond motifs is 1. The van der Waals surface area contributed by atoms with Crippen molar-refractivity contribution in [1.29, 1.82) is 0 Å². The largest absolute Gasteiger partial charge is 0.481 e. The van der Waals surface area contributed by atoms with Gasteiger partial charge in [-0.1, -0.05) is 29.8 Å². The van der Waals surface area contributed by atoms with Crippen LogP contribution < -0.4 is 0 Å². The zero-order valence-corrected chi connectivity index (χ0v) is 9.97. The van der Waals surface area contributed by atoms with Gasteiger partial charge in [-0.05, 0) is 18.3 Å². The second-order valence-electron chi connectivity index (χ2n) is 5.08. The number of aliphatic hydroxyl groups is 1. The summed E-state index contributed by atoms with van der Waals surface area (Å²) in [5, 5.41) is 18.8. The lowest BCUT2D eigenvalue weighted by Gasteiger charge is -2.63. The van der Waals surface area contributed by atoms with Crippen LogP contribution in [0.15, 0.2) is 0 Å². The molecule has 3 nitrogen and oxygen atoms in total. The molecule has 2 bridgehead atoms. The molecule has 3 rings (SSSR count). The smallest absolute Gasteiger partial charge is 0.311 e. The number of rotatable bonds is 2. The number of aliphatic hydroxyl groups excluding tert-OH is 1. The molecule has 14 heavy (non-hydrogen) atoms. The van der Waals surface area contributed by atoms with E-state index in [0.29, 0.717) is 6.42 Å². The van der Waals surface area contributed by atoms with Gasteiger partial charge in [-0.15, -0.1) is 0 Å². The van der Waals surface area contributed by atoms with Gasteiger partial charge in [0.2, 0.25) is 0 Å². The zero-order chi connectivity index (χ0) is 10.8. The Kier molecular flexibility index (Phi) is 1.88. The highest BCUT2D eigenvalue weighted by Crippen LogP contribution is 2.79. The number of alkyl halides is 1. The molecule has 0 amide bonds. The number of aliphatic carboxylic acids is 1. The predicted octanol–water partition coefficient (Wildman–Crippen LogP) is 1.63. The third-order valence-electron chi connectivity index (χ3n) is 4.91. The Morgan fingerprint density at radius 2 is 2.07 bits per heavy atom. The van der Waals surface area contributed by atoms with Gasteiger partial charge >= 0.3 is 5.97 Å². The van der Waals surface area contributed by atoms with E-state index in [0.717, 1.165) is 6.42 Å². The van der Waals surface area contributed by atoms with Crippen LogP contribution in [0, 0.1) is 16.2 Å². The van der Waals surface area contributed by atoms with Crippen molar-refractivity contribution in [3.63, 3.8) is 0 Å². The number of hydrogen-bond donors (Lipinski definition) is 2. The van der Waals surface area contributed by atoms with Crippen LogP contribution in [0.3, 0.4) is 0 Å². The van der Waals surface area contributed by atoms with Crippen molar-refractivity contribution in [1.82, 2.24) is 0 Å². The first-order valence-electron chi connectivity index (χ1n) is 4.85. The first-order valence-corrected chi connectivity index (χ1v) is 5.77. The van der Waals surface area contributed by atoms with E-state index < -0.39 is 11.4 Å². The Balaban J connectivity index is 2.48. The normalized spacial score (nSPS) is 48.7. The summed E-state index contributed by atoms with van der Waals surface area (Å²) >= 11 is 3.46. The molecule has 4 heteroatoms. The lowest BCUT2D eigenvalue weighted by molar-refractivity contribution is -0.188. The van der Waals surface area contributed by atoms with Crippen LogP contribution in [0.4, 0.5) is 0 Å². The molecule has 3 saturated carbocycles. The fraction of sp³-hybridized carbons (Fsp3) is 0.900. The van der Waals surface area contributed by atoms with Crippen molar-refractivity contribution in [2.24, 2.45) is 16.2 Å². The first kappa shape index (κ1) is 10.4. The summed E-state index contributed by atoms with van der Waals surface area (Å²) in [7, 11) is 0. The fourth-order valence-electron chi connectivity index (χ4n) is 3.61. The molecule has 0 aliphatic heterocycles. The Morgan fingerprint density at radius 1 is 1.50 bits per heavy atom. The average Bonchev–Trinajstić information content (AvgIpc) is 2.53. The molecule has 0 unspecified atom stereocenters. The topological polar surface area (TPSA) is 57.5 Å². The molecule has 0 radical (unpaired) electrons. The quantitative estimate of drug-likeness (QED) is 0.744. The van der Waals surface area contributed by atoms with E-state index in [1.165, 1.54) is 0 Å². The monoisotopic (exact) mass is 262 g/mol. The molecule has 80 valence electrons. The maximum absolute atomic E-state index is 11.3. The number of halogens is 1. The molecule has 0 aromatic rings. The van der Waals surface area contributed by atoms with Gasteiger partial charge < -0.3 is 10.2 Å². The first-order chi connectivity index (χ1) is 6.37. The van der Waals surface area contributed by atoms with Crippen LogP contribution in [-0.2, 0) is 4.79 Å². The van der Waals surface area contributed by atoms with Gasteiger partial charge in [-0.2, -0.15) is 0 Å². The highest BCUT2D eigenvalue weighted by Gasteiger charge is 2.82. The molecule has 2 N–H and O–H groups in total. The molecular formula is C10H15BrO3. The number of carboxylic acids is 1. The highest BCUT2D eigenvalue weighted by molar-refractivity contribution is 9.09. The molecule has 0 saturated heterocycles. The van der Waals surface area contributed by atoms with Crippen LogP contribution in [0.25, 0.3) is 0 Å². The summed E-state index contributed by atoms with van der Waals surface area (Å²) in [6, 6.07) is 0. The molecule has 0 aromatic heterocycles. The summed E-state index contributed by atoms with van der Waals surface area (Å²) in [6.45, 7) is 4.00. The summed E-state index contributed by atoms with van der Waals surface area (Å²) in [5.74, 6) is -0.731. The lowest BCUT2D eigenvalue weighted by atomic mass is 9.43. The van der Waals surface area contributed by atoms with E-state index in [9.17, 15) is 15.0 Å². The summed E-state index contributed by atoms with van der Waals surface area (Å²) in [5.41, 5.74) is -1.21. The second kappa shape index (κ2) is 2.53. The number of carboxylic acid groups (broad SMARTS) is 1. The fourth-order valence-corrected chi connectivity index (χ4v) is 5.55. The van der Waals surface area contributed by atoms with E-state index in [4.69, 9.17) is 0 Å². The SMILES string of the molecule is CC1(C)[C@@]2(CO)CC[C@@]1(C(=O)O)[C@@H]2Br. The minimum atomic E-state index is -0.731. The molecule has 0 heterocycles. The summed E-state index contributed by atoms with van der Waals surface area (Å²) < 4.78 is 0. The Bertz CT molecular complexity index is 302. The van der Waals surface area contributed by atoms with Gasteiger partial charge in [0.05, 0.1) is 12.0 Å². The molecule has 3 aliphatic carbocycles. The zero-order valence-electron chi connectivity index (χ0n) is 8.38. The van der Waals surface area contributed by atoms with Crippen molar-refractivity contribution < 1.29 is 15.0 Å². The van der Waals surface area contributed by atoms with Crippen molar-refractivity contribution in [2.45, 2.75) is 31.5 Å². The van der Waals surface area contributed by atoms with Gasteiger partial charge in [0.25, 0.3) is 0 Å². The van der Waals surface area contributed by atoms with Gasteiger partial charge in [-0.25, -0.2) is 0 Å². The Hall–Kier alpha value is -0.0900. The van der Waals surface area contributed by atoms with E-state index in [1.807, 2.05) is 13.8 Å². The molecule has 0 spiro atoms. The minimum Gasteiger partial charge on any atom is -0.481 e. The van der Waals surface area contributed by atoms with Gasteiger partial charge in [0.15, 0.2) is 0 Å². The molecule has 0 aromatic carbocycles. The maximum Gasteiger partial charge on any atom is 0.311 e. The van der Waals surface area contributed by atoms with Crippen LogP contribution in [0.5, 0.6) is 0 Å². The number of hydrogen-bond acceptors (Lipinski definition) is 2. The van der Waals surface area contributed by atoms with Crippen LogP contribution in [-0.4, -0.2) is 27.6 Å². The highest BCUT2D eigenvalue weighted by atomic mass is 79.9.